The molecule has 1 aromatic rings. The van der Waals surface area contributed by atoms with E-state index in [0.29, 0.717) is 43.6 Å². The summed E-state index contributed by atoms with van der Waals surface area (Å²) in [6.45, 7) is 1.38. The SMILES string of the molecule is O=C(NCCNc1ccc([N+](=O)[O-])cn1)C1=C[C@H](C2CC2)C[C@H](OCCCCO)O1. The predicted molar refractivity (Wildman–Crippen MR) is 108 cm³/mol. The summed E-state index contributed by atoms with van der Waals surface area (Å²) in [4.78, 5) is 26.6. The molecule has 0 unspecified atom stereocenters. The van der Waals surface area contributed by atoms with Crippen LogP contribution in [0.3, 0.4) is 0 Å². The summed E-state index contributed by atoms with van der Waals surface area (Å²) < 4.78 is 11.5. The minimum atomic E-state index is -0.507. The van der Waals surface area contributed by atoms with Gasteiger partial charge in [0.2, 0.25) is 6.29 Å². The number of amides is 1. The molecule has 1 saturated carbocycles. The Balaban J connectivity index is 1.44. The molecule has 2 atom stereocenters. The Bertz CT molecular complexity index is 750. The van der Waals surface area contributed by atoms with E-state index in [4.69, 9.17) is 14.6 Å². The second-order valence-corrected chi connectivity index (χ2v) is 7.46. The molecule has 10 nitrogen and oxygen atoms in total. The van der Waals surface area contributed by atoms with Gasteiger partial charge in [-0.05, 0) is 49.7 Å². The van der Waals surface area contributed by atoms with Gasteiger partial charge in [0.25, 0.3) is 11.6 Å². The van der Waals surface area contributed by atoms with E-state index >= 15 is 0 Å². The molecule has 2 aliphatic rings. The fraction of sp³-hybridized carbons (Fsp3) is 0.600. The molecular weight excluding hydrogens is 392 g/mol. The number of carbonyl (C=O) groups excluding carboxylic acids is 1. The van der Waals surface area contributed by atoms with Crippen molar-refractivity contribution in [3.8, 4) is 0 Å². The smallest absolute Gasteiger partial charge is 0.287 e. The van der Waals surface area contributed by atoms with Gasteiger partial charge in [0.05, 0.1) is 11.5 Å². The number of nitrogens with one attached hydrogen (secondary N) is 2. The molecule has 1 aliphatic carbocycles. The van der Waals surface area contributed by atoms with Gasteiger partial charge in [-0.15, -0.1) is 0 Å². The average Bonchev–Trinajstić information content (AvgIpc) is 3.60. The van der Waals surface area contributed by atoms with E-state index in [1.54, 1.807) is 0 Å². The maximum absolute atomic E-state index is 12.5. The van der Waals surface area contributed by atoms with Gasteiger partial charge in [0.1, 0.15) is 12.0 Å². The number of nitrogens with zero attached hydrogens (tertiary/aromatic N) is 2. The van der Waals surface area contributed by atoms with Crippen molar-refractivity contribution in [2.24, 2.45) is 11.8 Å². The molecular formula is C20H28N4O6. The molecule has 0 spiro atoms. The normalized spacial score (nSPS) is 20.8. The molecule has 1 amide bonds. The molecule has 10 heteroatoms. The Morgan fingerprint density at radius 3 is 2.83 bits per heavy atom. The third-order valence-electron chi connectivity index (χ3n) is 5.07. The molecule has 0 saturated heterocycles. The standard InChI is InChI=1S/C20H28N4O6/c25-9-1-2-10-29-19-12-15(14-3-4-14)11-17(30-19)20(26)22-8-7-21-18-6-5-16(13-23-18)24(27)28/h5-6,11,13-15,19,25H,1-4,7-10,12H2,(H,21,23)(H,22,26)/t15-,19+/m0/s1. The third kappa shape index (κ3) is 6.67. The quantitative estimate of drug-likeness (QED) is 0.265. The Kier molecular flexibility index (Phi) is 7.97. The van der Waals surface area contributed by atoms with E-state index in [1.807, 2.05) is 6.08 Å². The van der Waals surface area contributed by atoms with Crippen molar-refractivity contribution in [3.63, 3.8) is 0 Å². The zero-order valence-electron chi connectivity index (χ0n) is 16.8. The van der Waals surface area contributed by atoms with Crippen LogP contribution in [0, 0.1) is 22.0 Å². The number of ether oxygens (including phenoxy) is 2. The maximum Gasteiger partial charge on any atom is 0.287 e. The van der Waals surface area contributed by atoms with Crippen LogP contribution in [0.25, 0.3) is 0 Å². The first kappa shape index (κ1) is 22.0. The van der Waals surface area contributed by atoms with Crippen molar-refractivity contribution in [1.29, 1.82) is 0 Å². The topological polar surface area (TPSA) is 136 Å². The largest absolute Gasteiger partial charge is 0.459 e. The Labute approximate surface area is 174 Å². The summed E-state index contributed by atoms with van der Waals surface area (Å²) in [5.74, 6) is 1.37. The monoisotopic (exact) mass is 420 g/mol. The van der Waals surface area contributed by atoms with Gasteiger partial charge < -0.3 is 25.2 Å². The lowest BCUT2D eigenvalue weighted by atomic mass is 9.96. The summed E-state index contributed by atoms with van der Waals surface area (Å²) in [6.07, 6.45) is 7.15. The van der Waals surface area contributed by atoms with Crippen LogP contribution in [0.5, 0.6) is 0 Å². The lowest BCUT2D eigenvalue weighted by molar-refractivity contribution is -0.385. The molecule has 3 N–H and O–H groups in total. The fourth-order valence-corrected chi connectivity index (χ4v) is 3.28. The van der Waals surface area contributed by atoms with Crippen LogP contribution in [0.1, 0.15) is 32.1 Å². The highest BCUT2D eigenvalue weighted by atomic mass is 16.7. The van der Waals surface area contributed by atoms with Crippen molar-refractivity contribution >= 4 is 17.4 Å². The molecule has 0 aromatic carbocycles. The van der Waals surface area contributed by atoms with Crippen molar-refractivity contribution in [3.05, 3.63) is 40.3 Å². The number of anilines is 1. The van der Waals surface area contributed by atoms with Crippen LogP contribution in [0.4, 0.5) is 11.5 Å². The Hall–Kier alpha value is -2.72. The fourth-order valence-electron chi connectivity index (χ4n) is 3.28. The molecule has 0 bridgehead atoms. The summed E-state index contributed by atoms with van der Waals surface area (Å²) in [7, 11) is 0. The van der Waals surface area contributed by atoms with Crippen LogP contribution in [-0.2, 0) is 14.3 Å². The number of hydrogen-bond acceptors (Lipinski definition) is 8. The molecule has 1 aromatic heterocycles. The molecule has 1 fully saturated rings. The maximum atomic E-state index is 12.5. The van der Waals surface area contributed by atoms with Crippen LogP contribution >= 0.6 is 0 Å². The number of aliphatic hydroxyl groups excluding tert-OH is 1. The average molecular weight is 420 g/mol. The van der Waals surface area contributed by atoms with Gasteiger partial charge in [-0.2, -0.15) is 0 Å². The lowest BCUT2D eigenvalue weighted by Crippen LogP contribution is -2.35. The zero-order valence-corrected chi connectivity index (χ0v) is 16.8. The summed E-state index contributed by atoms with van der Waals surface area (Å²) >= 11 is 0. The number of nitro groups is 1. The molecule has 0 radical (unpaired) electrons. The van der Waals surface area contributed by atoms with Crippen molar-refractivity contribution in [2.45, 2.75) is 38.4 Å². The Morgan fingerprint density at radius 1 is 1.33 bits per heavy atom. The number of carbonyl (C=O) groups is 1. The summed E-state index contributed by atoms with van der Waals surface area (Å²) in [5.41, 5.74) is -0.0754. The van der Waals surface area contributed by atoms with Crippen molar-refractivity contribution < 1.29 is 24.3 Å². The van der Waals surface area contributed by atoms with Gasteiger partial charge in [-0.1, -0.05) is 0 Å². The second kappa shape index (κ2) is 10.9. The van der Waals surface area contributed by atoms with E-state index in [2.05, 4.69) is 15.6 Å². The number of allylic oxidation sites excluding steroid dienone is 1. The number of aromatic nitrogens is 1. The van der Waals surface area contributed by atoms with Crippen LogP contribution in [-0.4, -0.2) is 53.5 Å². The first-order chi connectivity index (χ1) is 14.6. The molecule has 2 heterocycles. The number of unbranched alkanes of at least 4 members (excludes halogenated alkanes) is 1. The van der Waals surface area contributed by atoms with Crippen LogP contribution in [0.15, 0.2) is 30.2 Å². The first-order valence-corrected chi connectivity index (χ1v) is 10.3. The van der Waals surface area contributed by atoms with Crippen LogP contribution < -0.4 is 10.6 Å². The number of hydrogen-bond donors (Lipinski definition) is 3. The van der Waals surface area contributed by atoms with Crippen molar-refractivity contribution in [2.75, 3.05) is 31.6 Å². The van der Waals surface area contributed by atoms with Crippen molar-refractivity contribution in [1.82, 2.24) is 10.3 Å². The number of aliphatic hydroxyl groups is 1. The summed E-state index contributed by atoms with van der Waals surface area (Å²) in [5, 5.41) is 25.3. The number of rotatable bonds is 12. The lowest BCUT2D eigenvalue weighted by Gasteiger charge is -2.29. The third-order valence-corrected chi connectivity index (χ3v) is 5.07. The van der Waals surface area contributed by atoms with Gasteiger partial charge in [0, 0.05) is 32.2 Å². The minimum absolute atomic E-state index is 0.0754. The van der Waals surface area contributed by atoms with E-state index in [1.165, 1.54) is 31.2 Å². The van der Waals surface area contributed by atoms with E-state index in [-0.39, 0.29) is 24.1 Å². The van der Waals surface area contributed by atoms with Crippen LogP contribution in [0.2, 0.25) is 0 Å². The van der Waals surface area contributed by atoms with Gasteiger partial charge >= 0.3 is 0 Å². The van der Waals surface area contributed by atoms with E-state index in [9.17, 15) is 14.9 Å². The first-order valence-electron chi connectivity index (χ1n) is 10.3. The minimum Gasteiger partial charge on any atom is -0.459 e. The Morgan fingerprint density at radius 2 is 2.17 bits per heavy atom. The second-order valence-electron chi connectivity index (χ2n) is 7.46. The highest BCUT2D eigenvalue weighted by molar-refractivity contribution is 5.91. The van der Waals surface area contributed by atoms with Gasteiger partial charge in [-0.25, -0.2) is 4.98 Å². The molecule has 1 aliphatic heterocycles. The van der Waals surface area contributed by atoms with E-state index in [0.717, 1.165) is 12.8 Å². The van der Waals surface area contributed by atoms with Gasteiger partial charge in [0.15, 0.2) is 5.76 Å². The van der Waals surface area contributed by atoms with Gasteiger partial charge in [-0.3, -0.25) is 14.9 Å². The predicted octanol–water partition coefficient (Wildman–Crippen LogP) is 1.96. The molecule has 164 valence electrons. The van der Waals surface area contributed by atoms with E-state index < -0.39 is 11.2 Å². The molecule has 30 heavy (non-hydrogen) atoms. The highest BCUT2D eigenvalue weighted by Crippen LogP contribution is 2.42. The zero-order chi connectivity index (χ0) is 21.3. The number of pyridine rings is 1. The summed E-state index contributed by atoms with van der Waals surface area (Å²) in [6, 6.07) is 2.89. The molecule has 3 rings (SSSR count). The highest BCUT2D eigenvalue weighted by Gasteiger charge is 2.37.